The highest BCUT2D eigenvalue weighted by Gasteiger charge is 2.36. The summed E-state index contributed by atoms with van der Waals surface area (Å²) in [5.74, 6) is 0.0151. The number of morpholine rings is 1. The molecular weight excluding hydrogens is 409 g/mol. The van der Waals surface area contributed by atoms with Crippen LogP contribution in [0.4, 0.5) is 4.39 Å². The van der Waals surface area contributed by atoms with Crippen LogP contribution in [0, 0.1) is 5.82 Å². The van der Waals surface area contributed by atoms with E-state index >= 15 is 0 Å². The highest BCUT2D eigenvalue weighted by Crippen LogP contribution is 2.31. The summed E-state index contributed by atoms with van der Waals surface area (Å²) in [4.78, 5) is 34.1. The molecule has 2 saturated heterocycles. The molecule has 170 valence electrons. The standard InChI is InChI=1S/C25H30FN3O3/c1-25(2,20-4-6-21(26)7-5-20)24(31)29-11-9-18(10-12-29)22-8-3-19(17-27-22)23(30)28-13-15-32-16-14-28/h3-8,17-18H,9-16H2,1-2H3. The first kappa shape index (κ1) is 22.4. The lowest BCUT2D eigenvalue weighted by Gasteiger charge is -2.37. The van der Waals surface area contributed by atoms with Crippen molar-refractivity contribution in [2.24, 2.45) is 0 Å². The number of likely N-dealkylation sites (tertiary alicyclic amines) is 1. The van der Waals surface area contributed by atoms with Gasteiger partial charge in [-0.3, -0.25) is 14.6 Å². The number of nitrogens with zero attached hydrogens (tertiary/aromatic N) is 3. The summed E-state index contributed by atoms with van der Waals surface area (Å²) in [6.07, 6.45) is 3.33. The summed E-state index contributed by atoms with van der Waals surface area (Å²) in [5.41, 5.74) is 1.67. The lowest BCUT2D eigenvalue weighted by atomic mass is 9.82. The highest BCUT2D eigenvalue weighted by molar-refractivity contribution is 5.94. The number of hydrogen-bond donors (Lipinski definition) is 0. The van der Waals surface area contributed by atoms with E-state index in [-0.39, 0.29) is 23.5 Å². The summed E-state index contributed by atoms with van der Waals surface area (Å²) in [7, 11) is 0. The molecule has 2 fully saturated rings. The van der Waals surface area contributed by atoms with Crippen molar-refractivity contribution in [2.45, 2.75) is 38.0 Å². The van der Waals surface area contributed by atoms with Gasteiger partial charge in [-0.15, -0.1) is 0 Å². The van der Waals surface area contributed by atoms with Crippen LogP contribution < -0.4 is 0 Å². The van der Waals surface area contributed by atoms with Crippen LogP contribution in [0.1, 0.15) is 54.2 Å². The molecule has 0 radical (unpaired) electrons. The Morgan fingerprint density at radius 1 is 0.969 bits per heavy atom. The van der Waals surface area contributed by atoms with Gasteiger partial charge in [-0.2, -0.15) is 0 Å². The molecule has 2 aliphatic heterocycles. The number of piperidine rings is 1. The predicted octanol–water partition coefficient (Wildman–Crippen LogP) is 3.38. The highest BCUT2D eigenvalue weighted by atomic mass is 19.1. The van der Waals surface area contributed by atoms with Gasteiger partial charge in [0.05, 0.1) is 24.2 Å². The molecule has 7 heteroatoms. The molecule has 0 aliphatic carbocycles. The molecule has 0 saturated carbocycles. The fourth-order valence-corrected chi connectivity index (χ4v) is 4.49. The molecule has 0 bridgehead atoms. The van der Waals surface area contributed by atoms with E-state index in [1.54, 1.807) is 23.2 Å². The summed E-state index contributed by atoms with van der Waals surface area (Å²) >= 11 is 0. The van der Waals surface area contributed by atoms with Crippen LogP contribution in [0.3, 0.4) is 0 Å². The van der Waals surface area contributed by atoms with Gasteiger partial charge in [-0.05, 0) is 56.5 Å². The Hall–Kier alpha value is -2.80. The quantitative estimate of drug-likeness (QED) is 0.733. The fraction of sp³-hybridized carbons (Fsp3) is 0.480. The zero-order valence-corrected chi connectivity index (χ0v) is 18.7. The van der Waals surface area contributed by atoms with E-state index in [1.807, 2.05) is 30.9 Å². The Kier molecular flexibility index (Phi) is 6.55. The molecule has 0 spiro atoms. The predicted molar refractivity (Wildman–Crippen MR) is 119 cm³/mol. The number of benzene rings is 1. The largest absolute Gasteiger partial charge is 0.378 e. The van der Waals surface area contributed by atoms with E-state index in [1.165, 1.54) is 12.1 Å². The molecule has 0 N–H and O–H groups in total. The Labute approximate surface area is 188 Å². The summed E-state index contributed by atoms with van der Waals surface area (Å²) in [6.45, 7) is 7.47. The summed E-state index contributed by atoms with van der Waals surface area (Å²) < 4.78 is 18.6. The van der Waals surface area contributed by atoms with E-state index in [9.17, 15) is 14.0 Å². The van der Waals surface area contributed by atoms with Crippen LogP contribution in [-0.4, -0.2) is 66.0 Å². The van der Waals surface area contributed by atoms with Gasteiger partial charge < -0.3 is 14.5 Å². The SMILES string of the molecule is CC(C)(C(=O)N1CCC(c2ccc(C(=O)N3CCOCC3)cn2)CC1)c1ccc(F)cc1. The molecule has 3 heterocycles. The average Bonchev–Trinajstić information content (AvgIpc) is 2.84. The smallest absolute Gasteiger partial charge is 0.255 e. The topological polar surface area (TPSA) is 62.7 Å². The van der Waals surface area contributed by atoms with Crippen molar-refractivity contribution >= 4 is 11.8 Å². The van der Waals surface area contributed by atoms with Gasteiger partial charge in [-0.1, -0.05) is 12.1 Å². The number of pyridine rings is 1. The zero-order chi connectivity index (χ0) is 22.7. The molecule has 2 amide bonds. The molecule has 6 nitrogen and oxygen atoms in total. The van der Waals surface area contributed by atoms with Crippen molar-refractivity contribution in [3.63, 3.8) is 0 Å². The van der Waals surface area contributed by atoms with E-state index < -0.39 is 5.41 Å². The van der Waals surface area contributed by atoms with E-state index in [0.717, 1.165) is 24.1 Å². The Balaban J connectivity index is 1.35. The molecule has 4 rings (SSSR count). The van der Waals surface area contributed by atoms with E-state index in [0.29, 0.717) is 45.0 Å². The van der Waals surface area contributed by atoms with Gasteiger partial charge in [-0.25, -0.2) is 4.39 Å². The monoisotopic (exact) mass is 439 g/mol. The second-order valence-electron chi connectivity index (χ2n) is 9.07. The molecule has 32 heavy (non-hydrogen) atoms. The van der Waals surface area contributed by atoms with Crippen LogP contribution >= 0.6 is 0 Å². The van der Waals surface area contributed by atoms with Crippen LogP contribution in [0.5, 0.6) is 0 Å². The number of carbonyl (C=O) groups is 2. The number of halogens is 1. The van der Waals surface area contributed by atoms with Gasteiger partial charge >= 0.3 is 0 Å². The fourth-order valence-electron chi connectivity index (χ4n) is 4.49. The minimum absolute atomic E-state index is 0.00390. The Morgan fingerprint density at radius 2 is 1.62 bits per heavy atom. The molecule has 2 aromatic rings. The number of hydrogen-bond acceptors (Lipinski definition) is 4. The molecule has 1 aromatic carbocycles. The van der Waals surface area contributed by atoms with Crippen molar-refractivity contribution in [3.05, 3.63) is 65.2 Å². The van der Waals surface area contributed by atoms with Crippen LogP contribution in [0.25, 0.3) is 0 Å². The first-order chi connectivity index (χ1) is 15.4. The van der Waals surface area contributed by atoms with Crippen molar-refractivity contribution < 1.29 is 18.7 Å². The molecular formula is C25H30FN3O3. The van der Waals surface area contributed by atoms with Gasteiger partial charge in [0.25, 0.3) is 5.91 Å². The average molecular weight is 440 g/mol. The third-order valence-corrected chi connectivity index (χ3v) is 6.63. The van der Waals surface area contributed by atoms with Crippen LogP contribution in [-0.2, 0) is 14.9 Å². The third kappa shape index (κ3) is 4.67. The van der Waals surface area contributed by atoms with Crippen molar-refractivity contribution in [2.75, 3.05) is 39.4 Å². The minimum atomic E-state index is -0.708. The first-order valence-electron chi connectivity index (χ1n) is 11.2. The summed E-state index contributed by atoms with van der Waals surface area (Å²) in [5, 5.41) is 0. The second kappa shape index (κ2) is 9.36. The van der Waals surface area contributed by atoms with E-state index in [2.05, 4.69) is 4.98 Å². The van der Waals surface area contributed by atoms with Crippen LogP contribution in [0.2, 0.25) is 0 Å². The second-order valence-corrected chi connectivity index (χ2v) is 9.07. The maximum absolute atomic E-state index is 13.3. The molecule has 2 aliphatic rings. The number of rotatable bonds is 4. The first-order valence-corrected chi connectivity index (χ1v) is 11.2. The van der Waals surface area contributed by atoms with Crippen LogP contribution in [0.15, 0.2) is 42.6 Å². The van der Waals surface area contributed by atoms with Crippen molar-refractivity contribution in [1.29, 1.82) is 0 Å². The van der Waals surface area contributed by atoms with Gasteiger partial charge in [0.1, 0.15) is 5.82 Å². The van der Waals surface area contributed by atoms with Gasteiger partial charge in [0.2, 0.25) is 5.91 Å². The number of aromatic nitrogens is 1. The maximum Gasteiger partial charge on any atom is 0.255 e. The van der Waals surface area contributed by atoms with Gasteiger partial charge in [0.15, 0.2) is 0 Å². The molecule has 1 aromatic heterocycles. The summed E-state index contributed by atoms with van der Waals surface area (Å²) in [6, 6.07) is 9.96. The molecule has 0 atom stereocenters. The Morgan fingerprint density at radius 3 is 2.22 bits per heavy atom. The minimum Gasteiger partial charge on any atom is -0.378 e. The Bertz CT molecular complexity index is 945. The lowest BCUT2D eigenvalue weighted by molar-refractivity contribution is -0.137. The molecule has 0 unspecified atom stereocenters. The third-order valence-electron chi connectivity index (χ3n) is 6.63. The van der Waals surface area contributed by atoms with E-state index in [4.69, 9.17) is 4.74 Å². The van der Waals surface area contributed by atoms with Crippen molar-refractivity contribution in [3.8, 4) is 0 Å². The van der Waals surface area contributed by atoms with Gasteiger partial charge in [0, 0.05) is 44.0 Å². The normalized spacial score (nSPS) is 18.0. The maximum atomic E-state index is 13.3. The number of carbonyl (C=O) groups excluding carboxylic acids is 2. The zero-order valence-electron chi connectivity index (χ0n) is 18.7. The lowest BCUT2D eigenvalue weighted by Crippen LogP contribution is -2.46. The number of ether oxygens (including phenoxy) is 1. The van der Waals surface area contributed by atoms with Crippen molar-refractivity contribution in [1.82, 2.24) is 14.8 Å². The number of amides is 2.